The maximum absolute atomic E-state index is 4.81. The van der Waals surface area contributed by atoms with E-state index in [1.807, 2.05) is 36.5 Å². The molecule has 0 spiro atoms. The van der Waals surface area contributed by atoms with Gasteiger partial charge in [0.25, 0.3) is 0 Å². The van der Waals surface area contributed by atoms with Crippen molar-refractivity contribution in [2.24, 2.45) is 0 Å². The second kappa shape index (κ2) is 4.70. The number of aryl methyl sites for hydroxylation is 1. The molecule has 0 aliphatic carbocycles. The summed E-state index contributed by atoms with van der Waals surface area (Å²) >= 11 is 0. The van der Waals surface area contributed by atoms with Crippen LogP contribution in [0.2, 0.25) is 0 Å². The summed E-state index contributed by atoms with van der Waals surface area (Å²) in [6, 6.07) is 18.5. The molecular formula is C18H15N3. The SMILES string of the molecule is CCn1c2ccccc2c2cnc(-c3ccccc3)nc21. The summed E-state index contributed by atoms with van der Waals surface area (Å²) in [5.74, 6) is 0.778. The van der Waals surface area contributed by atoms with Crippen LogP contribution in [-0.4, -0.2) is 14.5 Å². The van der Waals surface area contributed by atoms with E-state index in [2.05, 4.69) is 40.7 Å². The normalized spacial score (nSPS) is 11.3. The number of fused-ring (bicyclic) bond motifs is 3. The van der Waals surface area contributed by atoms with E-state index in [0.29, 0.717) is 0 Å². The highest BCUT2D eigenvalue weighted by Gasteiger charge is 2.12. The Hall–Kier alpha value is -2.68. The van der Waals surface area contributed by atoms with Crippen LogP contribution >= 0.6 is 0 Å². The molecule has 0 unspecified atom stereocenters. The van der Waals surface area contributed by atoms with Gasteiger partial charge >= 0.3 is 0 Å². The average molecular weight is 273 g/mol. The Balaban J connectivity index is 2.06. The molecule has 0 atom stereocenters. The number of aromatic nitrogens is 3. The monoisotopic (exact) mass is 273 g/mol. The minimum atomic E-state index is 0.778. The molecular weight excluding hydrogens is 258 g/mol. The molecule has 0 aliphatic rings. The Morgan fingerprint density at radius 1 is 0.905 bits per heavy atom. The van der Waals surface area contributed by atoms with Gasteiger partial charge in [0.15, 0.2) is 5.82 Å². The van der Waals surface area contributed by atoms with E-state index >= 15 is 0 Å². The first kappa shape index (κ1) is 12.1. The van der Waals surface area contributed by atoms with Crippen molar-refractivity contribution in [2.75, 3.05) is 0 Å². The van der Waals surface area contributed by atoms with Crippen LogP contribution < -0.4 is 0 Å². The van der Waals surface area contributed by atoms with Gasteiger partial charge in [0.1, 0.15) is 5.65 Å². The molecule has 0 fully saturated rings. The van der Waals surface area contributed by atoms with Gasteiger partial charge in [0.2, 0.25) is 0 Å². The van der Waals surface area contributed by atoms with E-state index in [1.54, 1.807) is 0 Å². The largest absolute Gasteiger partial charge is 0.325 e. The Labute approximate surface area is 122 Å². The second-order valence-corrected chi connectivity index (χ2v) is 5.06. The minimum Gasteiger partial charge on any atom is -0.325 e. The van der Waals surface area contributed by atoms with Gasteiger partial charge in [0, 0.05) is 29.1 Å². The highest BCUT2D eigenvalue weighted by atomic mass is 15.1. The molecule has 0 saturated heterocycles. The number of rotatable bonds is 2. The lowest BCUT2D eigenvalue weighted by Crippen LogP contribution is -1.97. The van der Waals surface area contributed by atoms with Crippen LogP contribution in [-0.2, 0) is 6.54 Å². The van der Waals surface area contributed by atoms with E-state index in [9.17, 15) is 0 Å². The molecule has 0 saturated carbocycles. The topological polar surface area (TPSA) is 30.7 Å². The van der Waals surface area contributed by atoms with Crippen molar-refractivity contribution in [2.45, 2.75) is 13.5 Å². The van der Waals surface area contributed by atoms with Gasteiger partial charge in [-0.15, -0.1) is 0 Å². The van der Waals surface area contributed by atoms with Crippen LogP contribution in [0.15, 0.2) is 60.8 Å². The van der Waals surface area contributed by atoms with E-state index in [-0.39, 0.29) is 0 Å². The molecule has 0 bridgehead atoms. The quantitative estimate of drug-likeness (QED) is 0.546. The number of nitrogens with zero attached hydrogens (tertiary/aromatic N) is 3. The van der Waals surface area contributed by atoms with Crippen molar-refractivity contribution in [1.29, 1.82) is 0 Å². The van der Waals surface area contributed by atoms with Gasteiger partial charge in [-0.25, -0.2) is 9.97 Å². The zero-order valence-corrected chi connectivity index (χ0v) is 11.8. The fourth-order valence-electron chi connectivity index (χ4n) is 2.87. The zero-order valence-electron chi connectivity index (χ0n) is 11.8. The van der Waals surface area contributed by atoms with Crippen molar-refractivity contribution in [3.63, 3.8) is 0 Å². The van der Waals surface area contributed by atoms with Crippen LogP contribution in [0, 0.1) is 0 Å². The van der Waals surface area contributed by atoms with Crippen LogP contribution in [0.25, 0.3) is 33.3 Å². The molecule has 102 valence electrons. The Morgan fingerprint density at radius 3 is 2.48 bits per heavy atom. The lowest BCUT2D eigenvalue weighted by atomic mass is 10.2. The van der Waals surface area contributed by atoms with Crippen LogP contribution in [0.5, 0.6) is 0 Å². The minimum absolute atomic E-state index is 0.778. The highest BCUT2D eigenvalue weighted by Crippen LogP contribution is 2.28. The molecule has 0 aliphatic heterocycles. The number of benzene rings is 2. The molecule has 4 aromatic rings. The van der Waals surface area contributed by atoms with Gasteiger partial charge in [-0.3, -0.25) is 0 Å². The standard InChI is InChI=1S/C18H15N3/c1-2-21-16-11-7-6-10-14(16)15-12-19-17(20-18(15)21)13-8-4-3-5-9-13/h3-12H,2H2,1H3. The first-order valence-corrected chi connectivity index (χ1v) is 7.18. The van der Waals surface area contributed by atoms with Crippen molar-refractivity contribution in [1.82, 2.24) is 14.5 Å². The van der Waals surface area contributed by atoms with Crippen LogP contribution in [0.3, 0.4) is 0 Å². The highest BCUT2D eigenvalue weighted by molar-refractivity contribution is 6.06. The average Bonchev–Trinajstić information content (AvgIpc) is 2.88. The van der Waals surface area contributed by atoms with E-state index < -0.39 is 0 Å². The van der Waals surface area contributed by atoms with Gasteiger partial charge in [-0.05, 0) is 13.0 Å². The van der Waals surface area contributed by atoms with Crippen LogP contribution in [0.4, 0.5) is 0 Å². The molecule has 0 radical (unpaired) electrons. The summed E-state index contributed by atoms with van der Waals surface area (Å²) in [5.41, 5.74) is 3.27. The lowest BCUT2D eigenvalue weighted by Gasteiger charge is -2.03. The first-order valence-electron chi connectivity index (χ1n) is 7.18. The van der Waals surface area contributed by atoms with E-state index in [4.69, 9.17) is 4.98 Å². The third-order valence-electron chi connectivity index (χ3n) is 3.86. The summed E-state index contributed by atoms with van der Waals surface area (Å²) < 4.78 is 2.25. The number of hydrogen-bond acceptors (Lipinski definition) is 2. The molecule has 2 aromatic heterocycles. The number of para-hydroxylation sites is 1. The van der Waals surface area contributed by atoms with Crippen molar-refractivity contribution >= 4 is 21.9 Å². The molecule has 3 nitrogen and oxygen atoms in total. The maximum Gasteiger partial charge on any atom is 0.161 e. The van der Waals surface area contributed by atoms with Gasteiger partial charge in [-0.1, -0.05) is 48.5 Å². The third kappa shape index (κ3) is 1.82. The fraction of sp³-hybridized carbons (Fsp3) is 0.111. The molecule has 3 heteroatoms. The van der Waals surface area contributed by atoms with Gasteiger partial charge in [0.05, 0.1) is 5.52 Å². The van der Waals surface area contributed by atoms with Crippen molar-refractivity contribution in [3.8, 4) is 11.4 Å². The first-order chi connectivity index (χ1) is 10.4. The summed E-state index contributed by atoms with van der Waals surface area (Å²) in [6.45, 7) is 3.05. The van der Waals surface area contributed by atoms with Crippen molar-refractivity contribution < 1.29 is 0 Å². The molecule has 4 rings (SSSR count). The zero-order chi connectivity index (χ0) is 14.2. The molecule has 0 N–H and O–H groups in total. The Bertz CT molecular complexity index is 923. The molecule has 0 amide bonds. The summed E-state index contributed by atoms with van der Waals surface area (Å²) in [4.78, 5) is 9.36. The fourth-order valence-corrected chi connectivity index (χ4v) is 2.87. The lowest BCUT2D eigenvalue weighted by molar-refractivity contribution is 0.815. The van der Waals surface area contributed by atoms with Crippen LogP contribution in [0.1, 0.15) is 6.92 Å². The molecule has 2 aromatic carbocycles. The second-order valence-electron chi connectivity index (χ2n) is 5.06. The molecule has 2 heterocycles. The van der Waals surface area contributed by atoms with E-state index in [1.165, 1.54) is 10.9 Å². The summed E-state index contributed by atoms with van der Waals surface area (Å²) in [7, 11) is 0. The predicted molar refractivity (Wildman–Crippen MR) is 86.1 cm³/mol. The Kier molecular flexibility index (Phi) is 2.71. The number of hydrogen-bond donors (Lipinski definition) is 0. The summed E-state index contributed by atoms with van der Waals surface area (Å²) in [5, 5.41) is 2.33. The van der Waals surface area contributed by atoms with E-state index in [0.717, 1.165) is 29.0 Å². The Morgan fingerprint density at radius 2 is 1.67 bits per heavy atom. The third-order valence-corrected chi connectivity index (χ3v) is 3.86. The summed E-state index contributed by atoms with van der Waals surface area (Å²) in [6.07, 6.45) is 1.94. The predicted octanol–water partition coefficient (Wildman–Crippen LogP) is 4.27. The van der Waals surface area contributed by atoms with Gasteiger partial charge < -0.3 is 4.57 Å². The van der Waals surface area contributed by atoms with Gasteiger partial charge in [-0.2, -0.15) is 0 Å². The molecule has 21 heavy (non-hydrogen) atoms. The smallest absolute Gasteiger partial charge is 0.161 e. The van der Waals surface area contributed by atoms with Crippen molar-refractivity contribution in [3.05, 3.63) is 60.8 Å². The maximum atomic E-state index is 4.81.